The van der Waals surface area contributed by atoms with Crippen molar-refractivity contribution >= 4 is 17.4 Å². The summed E-state index contributed by atoms with van der Waals surface area (Å²) in [5, 5.41) is 9.44. The minimum Gasteiger partial charge on any atom is -0.364 e. The van der Waals surface area contributed by atoms with Gasteiger partial charge in [-0.2, -0.15) is 5.26 Å². The summed E-state index contributed by atoms with van der Waals surface area (Å²) in [7, 11) is 0. The lowest BCUT2D eigenvalue weighted by Crippen LogP contribution is -2.49. The molecule has 7 nitrogen and oxygen atoms in total. The highest BCUT2D eigenvalue weighted by Gasteiger charge is 2.28. The van der Waals surface area contributed by atoms with Crippen LogP contribution in [-0.2, 0) is 17.8 Å². The highest BCUT2D eigenvalue weighted by molar-refractivity contribution is 5.87. The average molecular weight is 388 g/mol. The van der Waals surface area contributed by atoms with Crippen LogP contribution >= 0.6 is 0 Å². The van der Waals surface area contributed by atoms with E-state index in [9.17, 15) is 10.1 Å². The number of fused-ring (bicyclic) bond motifs is 1. The van der Waals surface area contributed by atoms with Crippen molar-refractivity contribution in [3.8, 4) is 6.07 Å². The van der Waals surface area contributed by atoms with Crippen LogP contribution in [0.25, 0.3) is 0 Å². The minimum atomic E-state index is -0.0163. The van der Waals surface area contributed by atoms with Crippen LogP contribution in [0, 0.1) is 18.3 Å². The van der Waals surface area contributed by atoms with E-state index in [2.05, 4.69) is 22.4 Å². The van der Waals surface area contributed by atoms with Gasteiger partial charge in [0.05, 0.1) is 23.5 Å². The van der Waals surface area contributed by atoms with Crippen LogP contribution in [-0.4, -0.2) is 53.5 Å². The molecule has 148 valence electrons. The van der Waals surface area contributed by atoms with Gasteiger partial charge in [-0.25, -0.2) is 9.97 Å². The van der Waals surface area contributed by atoms with E-state index in [1.807, 2.05) is 36.1 Å². The first kappa shape index (κ1) is 18.9. The Morgan fingerprint density at radius 3 is 2.62 bits per heavy atom. The van der Waals surface area contributed by atoms with Crippen LogP contribution in [0.3, 0.4) is 0 Å². The van der Waals surface area contributed by atoms with Gasteiger partial charge in [-0.3, -0.25) is 4.79 Å². The van der Waals surface area contributed by atoms with Crippen molar-refractivity contribution in [2.75, 3.05) is 42.5 Å². The third kappa shape index (κ3) is 3.66. The van der Waals surface area contributed by atoms with Crippen molar-refractivity contribution in [1.82, 2.24) is 14.9 Å². The van der Waals surface area contributed by atoms with E-state index in [-0.39, 0.29) is 5.91 Å². The molecule has 29 heavy (non-hydrogen) atoms. The maximum absolute atomic E-state index is 11.9. The van der Waals surface area contributed by atoms with Crippen LogP contribution in [0.1, 0.15) is 22.6 Å². The number of para-hydroxylation sites is 1. The molecule has 7 heteroatoms. The zero-order valence-electron chi connectivity index (χ0n) is 16.6. The Kier molecular flexibility index (Phi) is 5.17. The van der Waals surface area contributed by atoms with Crippen LogP contribution in [0.2, 0.25) is 0 Å². The quantitative estimate of drug-likeness (QED) is 0.749. The molecule has 2 aliphatic rings. The molecule has 2 aromatic rings. The monoisotopic (exact) mass is 388 g/mol. The fraction of sp³-hybridized carbons (Fsp3) is 0.364. The van der Waals surface area contributed by atoms with E-state index in [0.717, 1.165) is 49.1 Å². The summed E-state index contributed by atoms with van der Waals surface area (Å²) in [6.07, 6.45) is 2.20. The predicted molar refractivity (Wildman–Crippen MR) is 112 cm³/mol. The molecule has 1 saturated heterocycles. The fourth-order valence-corrected chi connectivity index (χ4v) is 4.11. The molecule has 0 N–H and O–H groups in total. The standard InChI is InChI=1S/C22H24N6O/c1-3-21(29)26-10-12-27(13-11-26)22-18-8-9-28(15-19(18)24-16(2)25-22)20-7-5-4-6-17(20)14-23/h3-7H,1,8-13,15H2,2H3. The molecule has 4 rings (SSSR count). The second kappa shape index (κ2) is 7.92. The number of carbonyl (C=O) groups excluding carboxylic acids is 1. The SMILES string of the molecule is C=CC(=O)N1CCN(c2nc(C)nc3c2CCN(c2ccccc2C#N)C3)CC1. The second-order valence-corrected chi connectivity index (χ2v) is 7.34. The molecule has 1 aromatic heterocycles. The van der Waals surface area contributed by atoms with Gasteiger partial charge in [0.25, 0.3) is 0 Å². The first-order chi connectivity index (χ1) is 14.1. The lowest BCUT2D eigenvalue weighted by Gasteiger charge is -2.38. The molecule has 0 aliphatic carbocycles. The number of carbonyl (C=O) groups is 1. The van der Waals surface area contributed by atoms with Crippen molar-refractivity contribution in [3.05, 3.63) is 59.6 Å². The average Bonchev–Trinajstić information content (AvgIpc) is 2.77. The third-order valence-corrected chi connectivity index (χ3v) is 5.59. The molecule has 3 heterocycles. The first-order valence-corrected chi connectivity index (χ1v) is 9.87. The molecule has 2 aliphatic heterocycles. The van der Waals surface area contributed by atoms with Crippen molar-refractivity contribution in [3.63, 3.8) is 0 Å². The molecule has 0 radical (unpaired) electrons. The molecule has 0 unspecified atom stereocenters. The lowest BCUT2D eigenvalue weighted by atomic mass is 10.0. The van der Waals surface area contributed by atoms with Gasteiger partial charge in [-0.1, -0.05) is 18.7 Å². The Labute approximate surface area is 170 Å². The predicted octanol–water partition coefficient (Wildman–Crippen LogP) is 2.05. The van der Waals surface area contributed by atoms with E-state index in [1.54, 1.807) is 0 Å². The summed E-state index contributed by atoms with van der Waals surface area (Å²) in [4.78, 5) is 27.6. The Morgan fingerprint density at radius 1 is 1.14 bits per heavy atom. The van der Waals surface area contributed by atoms with Crippen molar-refractivity contribution in [1.29, 1.82) is 5.26 Å². The number of aromatic nitrogens is 2. The molecule has 0 saturated carbocycles. The van der Waals surface area contributed by atoms with Gasteiger partial charge in [-0.15, -0.1) is 0 Å². The molecule has 0 spiro atoms. The number of piperazine rings is 1. The van der Waals surface area contributed by atoms with Gasteiger partial charge in [0.1, 0.15) is 17.7 Å². The lowest BCUT2D eigenvalue weighted by molar-refractivity contribution is -0.126. The van der Waals surface area contributed by atoms with Crippen LogP contribution in [0.15, 0.2) is 36.9 Å². The van der Waals surface area contributed by atoms with Crippen LogP contribution in [0.5, 0.6) is 0 Å². The van der Waals surface area contributed by atoms with Gasteiger partial charge >= 0.3 is 0 Å². The van der Waals surface area contributed by atoms with Gasteiger partial charge in [0, 0.05) is 38.3 Å². The van der Waals surface area contributed by atoms with E-state index in [1.165, 1.54) is 11.6 Å². The Balaban J connectivity index is 1.58. The van der Waals surface area contributed by atoms with Gasteiger partial charge in [-0.05, 0) is 31.6 Å². The number of amides is 1. The summed E-state index contributed by atoms with van der Waals surface area (Å²) >= 11 is 0. The van der Waals surface area contributed by atoms with Gasteiger partial charge in [0.15, 0.2) is 0 Å². The second-order valence-electron chi connectivity index (χ2n) is 7.34. The normalized spacial score (nSPS) is 16.2. The summed E-state index contributed by atoms with van der Waals surface area (Å²) in [5.74, 6) is 1.72. The van der Waals surface area contributed by atoms with Gasteiger partial charge in [0.2, 0.25) is 5.91 Å². The number of hydrogen-bond donors (Lipinski definition) is 0. The number of hydrogen-bond acceptors (Lipinski definition) is 6. The van der Waals surface area contributed by atoms with Crippen molar-refractivity contribution in [2.24, 2.45) is 0 Å². The number of aryl methyl sites for hydroxylation is 1. The van der Waals surface area contributed by atoms with Crippen molar-refractivity contribution < 1.29 is 4.79 Å². The molecular formula is C22H24N6O. The highest BCUT2D eigenvalue weighted by Crippen LogP contribution is 2.31. The minimum absolute atomic E-state index is 0.0163. The summed E-state index contributed by atoms with van der Waals surface area (Å²) in [5.41, 5.74) is 3.85. The van der Waals surface area contributed by atoms with Crippen LogP contribution in [0.4, 0.5) is 11.5 Å². The van der Waals surface area contributed by atoms with E-state index < -0.39 is 0 Å². The highest BCUT2D eigenvalue weighted by atomic mass is 16.2. The largest absolute Gasteiger partial charge is 0.364 e. The number of anilines is 2. The molecule has 1 amide bonds. The Bertz CT molecular complexity index is 987. The van der Waals surface area contributed by atoms with E-state index in [0.29, 0.717) is 25.2 Å². The number of nitrogens with zero attached hydrogens (tertiary/aromatic N) is 6. The maximum Gasteiger partial charge on any atom is 0.246 e. The zero-order valence-corrected chi connectivity index (χ0v) is 16.6. The fourth-order valence-electron chi connectivity index (χ4n) is 4.11. The molecule has 1 aromatic carbocycles. The molecule has 1 fully saturated rings. The summed E-state index contributed by atoms with van der Waals surface area (Å²) < 4.78 is 0. The summed E-state index contributed by atoms with van der Waals surface area (Å²) in [6, 6.07) is 9.99. The third-order valence-electron chi connectivity index (χ3n) is 5.59. The topological polar surface area (TPSA) is 76.4 Å². The van der Waals surface area contributed by atoms with Crippen LogP contribution < -0.4 is 9.80 Å². The summed E-state index contributed by atoms with van der Waals surface area (Å²) in [6.45, 7) is 9.83. The van der Waals surface area contributed by atoms with Gasteiger partial charge < -0.3 is 14.7 Å². The smallest absolute Gasteiger partial charge is 0.246 e. The zero-order chi connectivity index (χ0) is 20.4. The maximum atomic E-state index is 11.9. The molecular weight excluding hydrogens is 364 g/mol. The first-order valence-electron chi connectivity index (χ1n) is 9.87. The molecule has 0 bridgehead atoms. The number of rotatable bonds is 3. The Morgan fingerprint density at radius 2 is 1.90 bits per heavy atom. The van der Waals surface area contributed by atoms with E-state index in [4.69, 9.17) is 9.97 Å². The van der Waals surface area contributed by atoms with E-state index >= 15 is 0 Å². The number of benzene rings is 1. The molecule has 0 atom stereocenters. The number of nitriles is 1. The van der Waals surface area contributed by atoms with Crippen molar-refractivity contribution in [2.45, 2.75) is 19.9 Å². The Hall–Kier alpha value is -3.40.